The second-order valence-electron chi connectivity index (χ2n) is 3.97. The lowest BCUT2D eigenvalue weighted by atomic mass is 10.1. The molecule has 0 spiro atoms. The number of nitrogens with two attached hydrogens (primary N) is 1. The highest BCUT2D eigenvalue weighted by molar-refractivity contribution is 6.31. The van der Waals surface area contributed by atoms with Gasteiger partial charge in [0.15, 0.2) is 0 Å². The van der Waals surface area contributed by atoms with Crippen LogP contribution in [0.15, 0.2) is 42.5 Å². The molecule has 0 aliphatic rings. The summed E-state index contributed by atoms with van der Waals surface area (Å²) < 4.78 is 0. The molecular formula is C14H12Cl2N2O. The van der Waals surface area contributed by atoms with Crippen molar-refractivity contribution < 1.29 is 4.79 Å². The van der Waals surface area contributed by atoms with Crippen molar-refractivity contribution >= 4 is 34.8 Å². The first-order valence-electron chi connectivity index (χ1n) is 5.65. The van der Waals surface area contributed by atoms with E-state index in [1.54, 1.807) is 42.5 Å². The summed E-state index contributed by atoms with van der Waals surface area (Å²) in [6.07, 6.45) is 0. The number of anilines is 1. The van der Waals surface area contributed by atoms with Gasteiger partial charge in [-0.15, -0.1) is 0 Å². The molecule has 0 heterocycles. The van der Waals surface area contributed by atoms with Crippen LogP contribution >= 0.6 is 23.2 Å². The summed E-state index contributed by atoms with van der Waals surface area (Å²) in [4.78, 5) is 12.1. The van der Waals surface area contributed by atoms with Crippen molar-refractivity contribution in [2.75, 3.05) is 5.32 Å². The predicted octanol–water partition coefficient (Wildman–Crippen LogP) is 3.70. The van der Waals surface area contributed by atoms with Crippen LogP contribution in [0.3, 0.4) is 0 Å². The van der Waals surface area contributed by atoms with Gasteiger partial charge in [0.25, 0.3) is 5.91 Å². The monoisotopic (exact) mass is 294 g/mol. The van der Waals surface area contributed by atoms with Gasteiger partial charge >= 0.3 is 0 Å². The van der Waals surface area contributed by atoms with Gasteiger partial charge in [-0.2, -0.15) is 0 Å². The second kappa shape index (κ2) is 6.06. The topological polar surface area (TPSA) is 55.1 Å². The van der Waals surface area contributed by atoms with E-state index in [-0.39, 0.29) is 5.91 Å². The van der Waals surface area contributed by atoms with Gasteiger partial charge in [0.05, 0.1) is 0 Å². The minimum absolute atomic E-state index is 0.228. The van der Waals surface area contributed by atoms with Gasteiger partial charge in [0, 0.05) is 27.8 Å². The van der Waals surface area contributed by atoms with E-state index in [4.69, 9.17) is 28.9 Å². The summed E-state index contributed by atoms with van der Waals surface area (Å²) in [5.41, 5.74) is 7.59. The van der Waals surface area contributed by atoms with Crippen LogP contribution in [0.4, 0.5) is 5.69 Å². The second-order valence-corrected chi connectivity index (χ2v) is 4.84. The summed E-state index contributed by atoms with van der Waals surface area (Å²) in [5, 5.41) is 3.92. The fraction of sp³-hybridized carbons (Fsp3) is 0.0714. The number of carbonyl (C=O) groups excluding carboxylic acids is 1. The van der Waals surface area contributed by atoms with Crippen molar-refractivity contribution in [1.82, 2.24) is 0 Å². The fourth-order valence-corrected chi connectivity index (χ4v) is 1.94. The van der Waals surface area contributed by atoms with Crippen LogP contribution in [0.2, 0.25) is 10.0 Å². The van der Waals surface area contributed by atoms with Gasteiger partial charge in [-0.05, 0) is 42.0 Å². The molecule has 0 fully saturated rings. The average molecular weight is 295 g/mol. The molecule has 1 amide bonds. The van der Waals surface area contributed by atoms with E-state index in [1.807, 2.05) is 0 Å². The number of halogens is 2. The Kier molecular flexibility index (Phi) is 4.43. The first-order chi connectivity index (χ1) is 9.10. The molecule has 0 radical (unpaired) electrons. The van der Waals surface area contributed by atoms with Gasteiger partial charge < -0.3 is 11.1 Å². The van der Waals surface area contributed by atoms with Gasteiger partial charge in [-0.3, -0.25) is 4.79 Å². The van der Waals surface area contributed by atoms with E-state index in [9.17, 15) is 4.79 Å². The first kappa shape index (κ1) is 13.9. The van der Waals surface area contributed by atoms with Crippen molar-refractivity contribution in [3.8, 4) is 0 Å². The van der Waals surface area contributed by atoms with Gasteiger partial charge in [0.1, 0.15) is 0 Å². The molecular weight excluding hydrogens is 283 g/mol. The first-order valence-corrected chi connectivity index (χ1v) is 6.41. The minimum atomic E-state index is -0.228. The maximum absolute atomic E-state index is 12.1. The number of benzene rings is 2. The highest BCUT2D eigenvalue weighted by atomic mass is 35.5. The molecule has 0 aliphatic heterocycles. The summed E-state index contributed by atoms with van der Waals surface area (Å²) in [6.45, 7) is 0.327. The Hall–Kier alpha value is -1.55. The zero-order chi connectivity index (χ0) is 13.8. The molecule has 98 valence electrons. The van der Waals surface area contributed by atoms with Crippen molar-refractivity contribution in [1.29, 1.82) is 0 Å². The largest absolute Gasteiger partial charge is 0.326 e. The molecule has 0 aliphatic carbocycles. The predicted molar refractivity (Wildman–Crippen MR) is 78.7 cm³/mol. The van der Waals surface area contributed by atoms with Crippen LogP contribution in [-0.2, 0) is 6.54 Å². The quantitative estimate of drug-likeness (QED) is 0.907. The Labute approximate surface area is 121 Å². The Balaban J connectivity index is 2.23. The molecule has 2 aromatic rings. The van der Waals surface area contributed by atoms with Gasteiger partial charge in [0.2, 0.25) is 0 Å². The normalized spacial score (nSPS) is 10.3. The molecule has 3 N–H and O–H groups in total. The molecule has 3 nitrogen and oxygen atoms in total. The highest BCUT2D eigenvalue weighted by Crippen LogP contribution is 2.21. The fourth-order valence-electron chi connectivity index (χ4n) is 1.64. The Morgan fingerprint density at radius 1 is 1.05 bits per heavy atom. The third-order valence-electron chi connectivity index (χ3n) is 2.65. The van der Waals surface area contributed by atoms with E-state index >= 15 is 0 Å². The van der Waals surface area contributed by atoms with Crippen LogP contribution in [-0.4, -0.2) is 5.91 Å². The number of rotatable bonds is 3. The Bertz CT molecular complexity index is 597. The summed E-state index contributed by atoms with van der Waals surface area (Å²) in [7, 11) is 0. The maximum Gasteiger partial charge on any atom is 0.255 e. The average Bonchev–Trinajstić information content (AvgIpc) is 2.39. The minimum Gasteiger partial charge on any atom is -0.326 e. The lowest BCUT2D eigenvalue weighted by Gasteiger charge is -2.10. The lowest BCUT2D eigenvalue weighted by molar-refractivity contribution is 0.102. The van der Waals surface area contributed by atoms with Crippen molar-refractivity contribution in [3.05, 3.63) is 63.6 Å². The van der Waals surface area contributed by atoms with Crippen molar-refractivity contribution in [2.45, 2.75) is 6.54 Å². The number of amides is 1. The SMILES string of the molecule is NCc1ccc(Cl)cc1NC(=O)c1ccc(Cl)cc1. The smallest absolute Gasteiger partial charge is 0.255 e. The molecule has 0 unspecified atom stereocenters. The molecule has 0 bridgehead atoms. The molecule has 0 aromatic heterocycles. The van der Waals surface area contributed by atoms with E-state index in [0.717, 1.165) is 5.56 Å². The number of hydrogen-bond acceptors (Lipinski definition) is 2. The van der Waals surface area contributed by atoms with Crippen molar-refractivity contribution in [3.63, 3.8) is 0 Å². The van der Waals surface area contributed by atoms with Crippen LogP contribution < -0.4 is 11.1 Å². The third-order valence-corrected chi connectivity index (χ3v) is 3.13. The van der Waals surface area contributed by atoms with Crippen LogP contribution in [0.25, 0.3) is 0 Å². The molecule has 0 saturated carbocycles. The molecule has 5 heteroatoms. The van der Waals surface area contributed by atoms with E-state index in [2.05, 4.69) is 5.32 Å². The number of hydrogen-bond donors (Lipinski definition) is 2. The third kappa shape index (κ3) is 3.47. The zero-order valence-electron chi connectivity index (χ0n) is 9.99. The molecule has 0 atom stereocenters. The standard InChI is InChI=1S/C14H12Cl2N2O/c15-11-4-1-9(2-5-11)14(19)18-13-7-12(16)6-3-10(13)8-17/h1-7H,8,17H2,(H,18,19). The maximum atomic E-state index is 12.1. The van der Waals surface area contributed by atoms with Gasteiger partial charge in [-0.1, -0.05) is 29.3 Å². The molecule has 2 rings (SSSR count). The van der Waals surface area contributed by atoms with E-state index in [1.165, 1.54) is 0 Å². The zero-order valence-corrected chi connectivity index (χ0v) is 11.5. The van der Waals surface area contributed by atoms with Crippen LogP contribution in [0.1, 0.15) is 15.9 Å². The van der Waals surface area contributed by atoms with Crippen molar-refractivity contribution in [2.24, 2.45) is 5.73 Å². The summed E-state index contributed by atoms with van der Waals surface area (Å²) >= 11 is 11.7. The van der Waals surface area contributed by atoms with E-state index in [0.29, 0.717) is 27.8 Å². The molecule has 19 heavy (non-hydrogen) atoms. The number of carbonyl (C=O) groups is 1. The molecule has 0 saturated heterocycles. The Morgan fingerprint density at radius 3 is 2.32 bits per heavy atom. The summed E-state index contributed by atoms with van der Waals surface area (Å²) in [5.74, 6) is -0.228. The number of nitrogens with one attached hydrogen (secondary N) is 1. The van der Waals surface area contributed by atoms with Crippen LogP contribution in [0.5, 0.6) is 0 Å². The highest BCUT2D eigenvalue weighted by Gasteiger charge is 2.09. The van der Waals surface area contributed by atoms with Gasteiger partial charge in [-0.25, -0.2) is 0 Å². The lowest BCUT2D eigenvalue weighted by Crippen LogP contribution is -2.14. The van der Waals surface area contributed by atoms with Crippen LogP contribution in [0, 0.1) is 0 Å². The Morgan fingerprint density at radius 2 is 1.68 bits per heavy atom. The molecule has 2 aromatic carbocycles. The van der Waals surface area contributed by atoms with E-state index < -0.39 is 0 Å². The summed E-state index contributed by atoms with van der Waals surface area (Å²) in [6, 6.07) is 11.9.